The number of pyridine rings is 1. The normalized spacial score (nSPS) is 18.8. The van der Waals surface area contributed by atoms with Gasteiger partial charge in [0.05, 0.1) is 22.8 Å². The van der Waals surface area contributed by atoms with Gasteiger partial charge < -0.3 is 14.6 Å². The Morgan fingerprint density at radius 2 is 1.80 bits per heavy atom. The lowest BCUT2D eigenvalue weighted by Crippen LogP contribution is -2.35. The average molecular weight is 712 g/mol. The van der Waals surface area contributed by atoms with Crippen LogP contribution in [0.2, 0.25) is 0 Å². The van der Waals surface area contributed by atoms with E-state index in [-0.39, 0.29) is 36.2 Å². The lowest BCUT2D eigenvalue weighted by molar-refractivity contribution is -0.155. The van der Waals surface area contributed by atoms with E-state index in [1.165, 1.54) is 0 Å². The SMILES string of the molecule is CC(C)(C)OC(=O)Cn1ccc2nc(C(Cc3cc(F)cc(F)c3)NC(=O)Cn3nc(C(F)F)c4c3C(F)(F)[C@@H]3C[C@H]43)c(Br)cc21. The molecule has 2 aliphatic carbocycles. The number of alkyl halides is 4. The highest BCUT2D eigenvalue weighted by atomic mass is 79.9. The van der Waals surface area contributed by atoms with Crippen molar-refractivity contribution in [3.63, 3.8) is 0 Å². The first-order valence-electron chi connectivity index (χ1n) is 14.4. The molecule has 3 aromatic heterocycles. The number of halogens is 7. The highest BCUT2D eigenvalue weighted by Gasteiger charge is 2.67. The smallest absolute Gasteiger partial charge is 0.326 e. The molecular weight excluding hydrogens is 684 g/mol. The van der Waals surface area contributed by atoms with Crippen LogP contribution in [0.15, 0.2) is 41.0 Å². The van der Waals surface area contributed by atoms with Gasteiger partial charge in [0, 0.05) is 28.2 Å². The summed E-state index contributed by atoms with van der Waals surface area (Å²) in [6, 6.07) is 5.06. The molecule has 46 heavy (non-hydrogen) atoms. The number of hydrogen-bond acceptors (Lipinski definition) is 5. The lowest BCUT2D eigenvalue weighted by Gasteiger charge is -2.22. The quantitative estimate of drug-likeness (QED) is 0.151. The van der Waals surface area contributed by atoms with Gasteiger partial charge in [-0.1, -0.05) is 0 Å². The molecule has 1 fully saturated rings. The van der Waals surface area contributed by atoms with Gasteiger partial charge in [0.1, 0.15) is 41.7 Å². The van der Waals surface area contributed by atoms with Crippen molar-refractivity contribution in [1.29, 1.82) is 0 Å². The summed E-state index contributed by atoms with van der Waals surface area (Å²) >= 11 is 3.45. The lowest BCUT2D eigenvalue weighted by atomic mass is 10.0. The number of fused-ring (bicyclic) bond motifs is 4. The first-order valence-corrected chi connectivity index (χ1v) is 15.2. The molecule has 3 heterocycles. The van der Waals surface area contributed by atoms with Crippen LogP contribution < -0.4 is 5.32 Å². The summed E-state index contributed by atoms with van der Waals surface area (Å²) in [5.41, 5.74) is -0.999. The van der Waals surface area contributed by atoms with Crippen LogP contribution in [0.5, 0.6) is 0 Å². The molecule has 3 atom stereocenters. The molecule has 4 aromatic rings. The zero-order valence-electron chi connectivity index (χ0n) is 24.8. The Balaban J connectivity index is 1.31. The van der Waals surface area contributed by atoms with E-state index in [2.05, 4.69) is 31.3 Å². The second kappa shape index (κ2) is 11.4. The molecule has 6 rings (SSSR count). The zero-order chi connectivity index (χ0) is 33.3. The number of carbonyl (C=O) groups excluding carboxylic acids is 2. The van der Waals surface area contributed by atoms with Gasteiger partial charge in [-0.2, -0.15) is 13.9 Å². The van der Waals surface area contributed by atoms with Gasteiger partial charge >= 0.3 is 5.97 Å². The third-order valence-electron chi connectivity index (χ3n) is 7.94. The van der Waals surface area contributed by atoms with Gasteiger partial charge in [-0.25, -0.2) is 22.5 Å². The first kappa shape index (κ1) is 32.1. The summed E-state index contributed by atoms with van der Waals surface area (Å²) in [5.74, 6) is -8.29. The molecule has 1 unspecified atom stereocenters. The molecule has 0 radical (unpaired) electrons. The van der Waals surface area contributed by atoms with Gasteiger partial charge in [-0.3, -0.25) is 14.3 Å². The number of rotatable bonds is 9. The van der Waals surface area contributed by atoms with Crippen LogP contribution in [0.4, 0.5) is 26.3 Å². The van der Waals surface area contributed by atoms with Crippen molar-refractivity contribution in [2.75, 3.05) is 0 Å². The maximum atomic E-state index is 15.1. The van der Waals surface area contributed by atoms with E-state index in [0.717, 1.165) is 12.1 Å². The van der Waals surface area contributed by atoms with Gasteiger partial charge in [0.25, 0.3) is 12.3 Å². The largest absolute Gasteiger partial charge is 0.459 e. The topological polar surface area (TPSA) is 91.0 Å². The Bertz CT molecular complexity index is 1850. The summed E-state index contributed by atoms with van der Waals surface area (Å²) in [6.07, 6.45) is -1.57. The fourth-order valence-corrected chi connectivity index (χ4v) is 6.71. The van der Waals surface area contributed by atoms with Crippen molar-refractivity contribution in [1.82, 2.24) is 24.6 Å². The number of hydrogen-bond donors (Lipinski definition) is 1. The highest BCUT2D eigenvalue weighted by Crippen LogP contribution is 2.68. The molecule has 1 aromatic carbocycles. The number of amides is 1. The molecule has 15 heteroatoms. The maximum absolute atomic E-state index is 15.1. The van der Waals surface area contributed by atoms with Crippen LogP contribution in [-0.4, -0.2) is 36.8 Å². The van der Waals surface area contributed by atoms with Crippen molar-refractivity contribution in [2.24, 2.45) is 5.92 Å². The minimum Gasteiger partial charge on any atom is -0.459 e. The van der Waals surface area contributed by atoms with Crippen LogP contribution in [-0.2, 0) is 39.8 Å². The molecule has 0 saturated heterocycles. The van der Waals surface area contributed by atoms with E-state index in [1.807, 2.05) is 0 Å². The van der Waals surface area contributed by atoms with E-state index in [4.69, 9.17) is 4.74 Å². The standard InChI is InChI=1S/C31H28BrF6N5O3/c1-30(2,3)46-24(45)13-42-5-4-20-22(42)11-19(32)26(40-20)21(8-14-6-15(33)9-16(34)7-14)39-23(44)12-43-28-25(27(41-43)29(35)36)17-10-18(17)31(28,37)38/h4-7,9,11,17-18,21,29H,8,10,12-13H2,1-3H3,(H,39,44)/t17-,18+,21?/m0/s1. The van der Waals surface area contributed by atoms with Crippen LogP contribution in [0.1, 0.15) is 73.8 Å². The molecule has 8 nitrogen and oxygen atoms in total. The van der Waals surface area contributed by atoms with Gasteiger partial charge in [-0.05, 0) is 85.3 Å². The number of nitrogens with zero attached hydrogens (tertiary/aromatic N) is 4. The minimum absolute atomic E-state index is 0.0750. The Morgan fingerprint density at radius 3 is 2.46 bits per heavy atom. The third kappa shape index (κ3) is 6.13. The average Bonchev–Trinajstić information content (AvgIpc) is 3.42. The van der Waals surface area contributed by atoms with E-state index in [9.17, 15) is 27.2 Å². The second-order valence-electron chi connectivity index (χ2n) is 12.6. The summed E-state index contributed by atoms with van der Waals surface area (Å²) < 4.78 is 93.8. The van der Waals surface area contributed by atoms with Crippen molar-refractivity contribution >= 4 is 38.8 Å². The minimum atomic E-state index is -3.42. The number of benzene rings is 1. The summed E-state index contributed by atoms with van der Waals surface area (Å²) in [7, 11) is 0. The first-order chi connectivity index (χ1) is 21.5. The van der Waals surface area contributed by atoms with Crippen LogP contribution in [0.25, 0.3) is 11.0 Å². The summed E-state index contributed by atoms with van der Waals surface area (Å²) in [5, 5.41) is 6.37. The molecule has 1 saturated carbocycles. The van der Waals surface area contributed by atoms with Crippen molar-refractivity contribution in [3.8, 4) is 0 Å². The summed E-state index contributed by atoms with van der Waals surface area (Å²) in [6.45, 7) is 4.32. The second-order valence-corrected chi connectivity index (χ2v) is 13.4. The molecule has 244 valence electrons. The molecule has 1 N–H and O–H groups in total. The molecule has 1 amide bonds. The van der Waals surface area contributed by atoms with E-state index in [1.54, 1.807) is 43.7 Å². The predicted octanol–water partition coefficient (Wildman–Crippen LogP) is 6.86. The van der Waals surface area contributed by atoms with Gasteiger partial charge in [0.15, 0.2) is 0 Å². The Hall–Kier alpha value is -3.88. The Kier molecular flexibility index (Phi) is 7.97. The molecule has 0 aliphatic heterocycles. The van der Waals surface area contributed by atoms with Crippen molar-refractivity contribution in [3.05, 3.63) is 80.8 Å². The van der Waals surface area contributed by atoms with Gasteiger partial charge in [0.2, 0.25) is 5.91 Å². The summed E-state index contributed by atoms with van der Waals surface area (Å²) in [4.78, 5) is 30.5. The molecule has 2 aliphatic rings. The van der Waals surface area contributed by atoms with E-state index < -0.39 is 77.3 Å². The molecule has 0 spiro atoms. The fraction of sp³-hybridized carbons (Fsp3) is 0.419. The van der Waals surface area contributed by atoms with Crippen LogP contribution in [0.3, 0.4) is 0 Å². The number of nitrogens with one attached hydrogen (secondary N) is 1. The number of carbonyl (C=O) groups is 2. The van der Waals surface area contributed by atoms with Crippen LogP contribution in [0, 0.1) is 17.6 Å². The zero-order valence-corrected chi connectivity index (χ0v) is 26.3. The maximum Gasteiger partial charge on any atom is 0.326 e. The number of esters is 1. The van der Waals surface area contributed by atoms with Crippen molar-refractivity contribution in [2.45, 2.75) is 76.6 Å². The fourth-order valence-electron chi connectivity index (χ4n) is 6.13. The highest BCUT2D eigenvalue weighted by molar-refractivity contribution is 9.10. The Morgan fingerprint density at radius 1 is 1.11 bits per heavy atom. The van der Waals surface area contributed by atoms with E-state index >= 15 is 8.78 Å². The monoisotopic (exact) mass is 711 g/mol. The van der Waals surface area contributed by atoms with E-state index in [0.29, 0.717) is 26.3 Å². The molecular formula is C31H28BrF6N5O3. The van der Waals surface area contributed by atoms with Gasteiger partial charge in [-0.15, -0.1) is 0 Å². The van der Waals surface area contributed by atoms with Crippen LogP contribution >= 0.6 is 15.9 Å². The number of ether oxygens (including phenoxy) is 1. The third-order valence-corrected chi connectivity index (χ3v) is 8.58. The van der Waals surface area contributed by atoms with Crippen molar-refractivity contribution < 1.29 is 40.7 Å². The number of aromatic nitrogens is 4. The predicted molar refractivity (Wildman–Crippen MR) is 156 cm³/mol. The Labute approximate surface area is 267 Å². The molecule has 0 bridgehead atoms.